The number of nitrogens with one attached hydrogen (secondary N) is 1. The number of fused-ring (bicyclic) bond motifs is 1. The molecule has 1 saturated heterocycles. The standard InChI is InChI=1S/C16H20ClN5O2S/c1-2-7-25(19,24)16-20-14(18)12-8-13(23)22(15(12)21-16)9-10-3-5-11(17)6-4-10/h3-6,12,15,19H,2,7-9H2,1H3,(H2,18,20,21). The van der Waals surface area contributed by atoms with Crippen LogP contribution < -0.4 is 5.73 Å². The Bertz CT molecular complexity index is 848. The molecular formula is C16H20ClN5O2S. The lowest BCUT2D eigenvalue weighted by molar-refractivity contribution is -0.129. The second-order valence-electron chi connectivity index (χ2n) is 6.20. The highest BCUT2D eigenvalue weighted by molar-refractivity contribution is 8.07. The predicted molar refractivity (Wildman–Crippen MR) is 99.0 cm³/mol. The molecule has 7 nitrogen and oxygen atoms in total. The first kappa shape index (κ1) is 17.9. The summed E-state index contributed by atoms with van der Waals surface area (Å²) in [5.74, 6) is -0.0102. The first-order chi connectivity index (χ1) is 11.8. The fourth-order valence-electron chi connectivity index (χ4n) is 3.03. The molecule has 3 unspecified atom stereocenters. The van der Waals surface area contributed by atoms with Gasteiger partial charge in [-0.15, -0.1) is 0 Å². The zero-order valence-electron chi connectivity index (χ0n) is 13.8. The van der Waals surface area contributed by atoms with Crippen molar-refractivity contribution in [2.45, 2.75) is 32.5 Å². The number of amidine groups is 2. The van der Waals surface area contributed by atoms with Crippen molar-refractivity contribution in [1.29, 1.82) is 4.78 Å². The smallest absolute Gasteiger partial charge is 0.226 e. The molecule has 0 bridgehead atoms. The van der Waals surface area contributed by atoms with E-state index in [1.165, 1.54) is 0 Å². The van der Waals surface area contributed by atoms with Gasteiger partial charge in [0.25, 0.3) is 0 Å². The van der Waals surface area contributed by atoms with Crippen molar-refractivity contribution in [3.63, 3.8) is 0 Å². The maximum atomic E-state index is 12.5. The third-order valence-corrected chi connectivity index (χ3v) is 6.32. The van der Waals surface area contributed by atoms with E-state index in [0.29, 0.717) is 18.0 Å². The van der Waals surface area contributed by atoms with Crippen molar-refractivity contribution < 1.29 is 9.00 Å². The summed E-state index contributed by atoms with van der Waals surface area (Å²) in [6, 6.07) is 7.22. The van der Waals surface area contributed by atoms with E-state index in [1.807, 2.05) is 19.1 Å². The van der Waals surface area contributed by atoms with Crippen molar-refractivity contribution in [3.8, 4) is 0 Å². The van der Waals surface area contributed by atoms with E-state index in [4.69, 9.17) is 22.1 Å². The third kappa shape index (κ3) is 3.55. The number of rotatable bonds is 4. The first-order valence-electron chi connectivity index (χ1n) is 8.04. The predicted octanol–water partition coefficient (Wildman–Crippen LogP) is 2.20. The van der Waals surface area contributed by atoms with Crippen LogP contribution in [0.15, 0.2) is 34.3 Å². The van der Waals surface area contributed by atoms with Gasteiger partial charge in [0.1, 0.15) is 21.7 Å². The highest BCUT2D eigenvalue weighted by Gasteiger charge is 2.44. The molecule has 0 aliphatic carbocycles. The number of halogens is 1. The summed E-state index contributed by atoms with van der Waals surface area (Å²) in [7, 11) is -3.10. The zero-order valence-corrected chi connectivity index (χ0v) is 15.4. The van der Waals surface area contributed by atoms with Crippen LogP contribution in [-0.4, -0.2) is 37.9 Å². The van der Waals surface area contributed by atoms with Gasteiger partial charge in [-0.05, 0) is 24.1 Å². The molecule has 2 heterocycles. The fourth-order valence-corrected chi connectivity index (χ4v) is 4.45. The van der Waals surface area contributed by atoms with E-state index < -0.39 is 15.9 Å². The molecule has 2 aliphatic rings. The maximum Gasteiger partial charge on any atom is 0.226 e. The van der Waals surface area contributed by atoms with E-state index >= 15 is 0 Å². The Kier molecular flexibility index (Phi) is 4.83. The second kappa shape index (κ2) is 6.76. The van der Waals surface area contributed by atoms with Crippen molar-refractivity contribution in [2.75, 3.05) is 5.75 Å². The summed E-state index contributed by atoms with van der Waals surface area (Å²) >= 11 is 5.90. The van der Waals surface area contributed by atoms with Gasteiger partial charge >= 0.3 is 0 Å². The van der Waals surface area contributed by atoms with Crippen LogP contribution in [0.4, 0.5) is 0 Å². The Morgan fingerprint density at radius 3 is 2.72 bits per heavy atom. The van der Waals surface area contributed by atoms with Crippen LogP contribution in [0, 0.1) is 10.7 Å². The molecule has 134 valence electrons. The zero-order chi connectivity index (χ0) is 18.2. The first-order valence-corrected chi connectivity index (χ1v) is 10.1. The number of hydrogen-bond acceptors (Lipinski definition) is 6. The Morgan fingerprint density at radius 1 is 1.40 bits per heavy atom. The van der Waals surface area contributed by atoms with Crippen LogP contribution in [-0.2, 0) is 21.1 Å². The molecule has 3 N–H and O–H groups in total. The van der Waals surface area contributed by atoms with E-state index in [2.05, 4.69) is 9.98 Å². The SMILES string of the molecule is CCCS(=N)(=O)C1=NC2C(CC(=O)N2Cc2ccc(Cl)cc2)C(N)=N1. The molecule has 0 aromatic heterocycles. The summed E-state index contributed by atoms with van der Waals surface area (Å²) in [6.07, 6.45) is 0.244. The molecule has 1 fully saturated rings. The summed E-state index contributed by atoms with van der Waals surface area (Å²) in [6.45, 7) is 2.20. The number of hydrogen-bond donors (Lipinski definition) is 2. The van der Waals surface area contributed by atoms with Crippen LogP contribution in [0.3, 0.4) is 0 Å². The maximum absolute atomic E-state index is 12.5. The van der Waals surface area contributed by atoms with Gasteiger partial charge in [0.05, 0.1) is 5.92 Å². The molecule has 0 saturated carbocycles. The number of benzene rings is 1. The van der Waals surface area contributed by atoms with Gasteiger partial charge in [-0.1, -0.05) is 30.7 Å². The molecule has 1 aromatic carbocycles. The normalized spacial score (nSPS) is 25.2. The monoisotopic (exact) mass is 381 g/mol. The van der Waals surface area contributed by atoms with Gasteiger partial charge in [-0.3, -0.25) is 4.79 Å². The largest absolute Gasteiger partial charge is 0.387 e. The number of likely N-dealkylation sites (tertiary alicyclic amines) is 1. The minimum Gasteiger partial charge on any atom is -0.387 e. The molecule has 25 heavy (non-hydrogen) atoms. The fraction of sp³-hybridized carbons (Fsp3) is 0.438. The van der Waals surface area contributed by atoms with Crippen LogP contribution in [0.1, 0.15) is 25.3 Å². The van der Waals surface area contributed by atoms with Crippen LogP contribution in [0.25, 0.3) is 0 Å². The minimum absolute atomic E-state index is 0.0519. The van der Waals surface area contributed by atoms with Gasteiger partial charge in [0.2, 0.25) is 11.1 Å². The lowest BCUT2D eigenvalue weighted by Crippen LogP contribution is -2.42. The van der Waals surface area contributed by atoms with Crippen molar-refractivity contribution in [2.24, 2.45) is 21.6 Å². The van der Waals surface area contributed by atoms with Gasteiger partial charge in [-0.2, -0.15) is 0 Å². The quantitative estimate of drug-likeness (QED) is 0.833. The molecule has 0 radical (unpaired) electrons. The minimum atomic E-state index is -3.10. The molecular weight excluding hydrogens is 362 g/mol. The average molecular weight is 382 g/mol. The summed E-state index contributed by atoms with van der Waals surface area (Å²) < 4.78 is 20.6. The van der Waals surface area contributed by atoms with Gasteiger partial charge in [-0.25, -0.2) is 19.0 Å². The number of nitrogens with zero attached hydrogens (tertiary/aromatic N) is 3. The Labute approximate surface area is 151 Å². The number of carbonyl (C=O) groups excluding carboxylic acids is 1. The average Bonchev–Trinajstić information content (AvgIpc) is 2.86. The summed E-state index contributed by atoms with van der Waals surface area (Å²) in [5.41, 5.74) is 6.92. The van der Waals surface area contributed by atoms with Gasteiger partial charge in [0.15, 0.2) is 0 Å². The molecule has 2 aliphatic heterocycles. The van der Waals surface area contributed by atoms with Crippen molar-refractivity contribution in [3.05, 3.63) is 34.9 Å². The van der Waals surface area contributed by atoms with Crippen LogP contribution in [0.5, 0.6) is 0 Å². The topological polar surface area (TPSA) is 112 Å². The Hall–Kier alpha value is -1.93. The number of aliphatic imine (C=N–C) groups is 2. The summed E-state index contributed by atoms with van der Waals surface area (Å²) in [4.78, 5) is 22.5. The highest BCUT2D eigenvalue weighted by atomic mass is 35.5. The lowest BCUT2D eigenvalue weighted by Gasteiger charge is -2.28. The number of amides is 1. The number of nitrogens with two attached hydrogens (primary N) is 1. The lowest BCUT2D eigenvalue weighted by atomic mass is 10.0. The molecule has 9 heteroatoms. The third-order valence-electron chi connectivity index (χ3n) is 4.29. The number of carbonyl (C=O) groups is 1. The van der Waals surface area contributed by atoms with Crippen LogP contribution >= 0.6 is 11.6 Å². The molecule has 3 atom stereocenters. The molecule has 1 aromatic rings. The van der Waals surface area contributed by atoms with Crippen molar-refractivity contribution in [1.82, 2.24) is 4.90 Å². The van der Waals surface area contributed by atoms with Crippen molar-refractivity contribution >= 4 is 38.2 Å². The second-order valence-corrected chi connectivity index (χ2v) is 8.76. The van der Waals surface area contributed by atoms with E-state index in [1.54, 1.807) is 17.0 Å². The highest BCUT2D eigenvalue weighted by Crippen LogP contribution is 2.32. The Balaban J connectivity index is 1.91. The Morgan fingerprint density at radius 2 is 2.08 bits per heavy atom. The van der Waals surface area contributed by atoms with E-state index in [-0.39, 0.29) is 35.0 Å². The van der Waals surface area contributed by atoms with Gasteiger partial charge < -0.3 is 10.6 Å². The molecule has 0 spiro atoms. The van der Waals surface area contributed by atoms with E-state index in [9.17, 15) is 9.00 Å². The van der Waals surface area contributed by atoms with E-state index in [0.717, 1.165) is 5.56 Å². The van der Waals surface area contributed by atoms with Gasteiger partial charge in [0, 0.05) is 23.7 Å². The van der Waals surface area contributed by atoms with Crippen LogP contribution in [0.2, 0.25) is 5.02 Å². The molecule has 3 rings (SSSR count). The summed E-state index contributed by atoms with van der Waals surface area (Å²) in [5, 5.41) is 0.571. The molecule has 1 amide bonds.